The van der Waals surface area contributed by atoms with Crippen molar-refractivity contribution in [3.05, 3.63) is 34.9 Å². The van der Waals surface area contributed by atoms with Gasteiger partial charge in [-0.2, -0.15) is 0 Å². The van der Waals surface area contributed by atoms with Crippen LogP contribution in [0.15, 0.2) is 24.3 Å². The average molecular weight is 311 g/mol. The summed E-state index contributed by atoms with van der Waals surface area (Å²) in [7, 11) is 0. The van der Waals surface area contributed by atoms with Crippen molar-refractivity contribution in [2.24, 2.45) is 0 Å². The van der Waals surface area contributed by atoms with Crippen LogP contribution in [0.2, 0.25) is 5.02 Å². The highest BCUT2D eigenvalue weighted by Crippen LogP contribution is 2.16. The predicted molar refractivity (Wildman–Crippen MR) is 80.1 cm³/mol. The molecule has 1 atom stereocenters. The second-order valence-corrected chi connectivity index (χ2v) is 5.66. The normalized spacial score (nSPS) is 19.2. The van der Waals surface area contributed by atoms with E-state index in [1.54, 1.807) is 17.0 Å². The monoisotopic (exact) mass is 310 g/mol. The van der Waals surface area contributed by atoms with E-state index in [1.807, 2.05) is 12.1 Å². The maximum absolute atomic E-state index is 12.0. The van der Waals surface area contributed by atoms with Gasteiger partial charge in [-0.05, 0) is 37.1 Å². The Labute approximate surface area is 128 Å². The molecule has 1 aliphatic heterocycles. The van der Waals surface area contributed by atoms with Gasteiger partial charge in [-0.15, -0.1) is 0 Å². The third kappa shape index (κ3) is 4.72. The molecule has 1 unspecified atom stereocenters. The quantitative estimate of drug-likeness (QED) is 0.871. The van der Waals surface area contributed by atoms with Crippen molar-refractivity contribution >= 4 is 23.5 Å². The van der Waals surface area contributed by atoms with Crippen LogP contribution in [0.1, 0.15) is 24.8 Å². The second-order valence-electron chi connectivity index (χ2n) is 5.23. The first-order chi connectivity index (χ1) is 10.1. The van der Waals surface area contributed by atoms with Gasteiger partial charge in [0.25, 0.3) is 0 Å². The lowest BCUT2D eigenvalue weighted by molar-refractivity contribution is -0.145. The highest BCUT2D eigenvalue weighted by molar-refractivity contribution is 6.30. The molecule has 114 valence electrons. The molecule has 1 amide bonds. The predicted octanol–water partition coefficient (Wildman–Crippen LogP) is 1.90. The Bertz CT molecular complexity index is 521. The number of piperidine rings is 1. The molecule has 1 fully saturated rings. The lowest BCUT2D eigenvalue weighted by Gasteiger charge is -2.32. The standard InChI is InChI=1S/C15H19ClN2O3/c16-12-5-3-4-11(8-12)9-17-14(19)10-18-7-2-1-6-13(18)15(20)21/h3-5,8,13H,1-2,6-7,9-10H2,(H,17,19)(H,20,21). The first-order valence-corrected chi connectivity index (χ1v) is 7.42. The molecule has 2 rings (SSSR count). The molecule has 1 aromatic carbocycles. The van der Waals surface area contributed by atoms with Crippen molar-refractivity contribution in [1.82, 2.24) is 10.2 Å². The number of hydrogen-bond acceptors (Lipinski definition) is 3. The van der Waals surface area contributed by atoms with E-state index in [0.717, 1.165) is 18.4 Å². The van der Waals surface area contributed by atoms with E-state index in [1.165, 1.54) is 0 Å². The number of rotatable bonds is 5. The van der Waals surface area contributed by atoms with E-state index in [4.69, 9.17) is 11.6 Å². The fourth-order valence-corrected chi connectivity index (χ4v) is 2.76. The van der Waals surface area contributed by atoms with Gasteiger partial charge in [0.1, 0.15) is 6.04 Å². The Hall–Kier alpha value is -1.59. The van der Waals surface area contributed by atoms with E-state index in [-0.39, 0.29) is 12.5 Å². The van der Waals surface area contributed by atoms with E-state index < -0.39 is 12.0 Å². The van der Waals surface area contributed by atoms with Gasteiger partial charge in [0.05, 0.1) is 6.54 Å². The van der Waals surface area contributed by atoms with Gasteiger partial charge in [0.15, 0.2) is 0 Å². The topological polar surface area (TPSA) is 69.6 Å². The fourth-order valence-electron chi connectivity index (χ4n) is 2.55. The Kier molecular flexibility index (Phi) is 5.59. The molecule has 1 saturated heterocycles. The molecule has 0 aromatic heterocycles. The lowest BCUT2D eigenvalue weighted by atomic mass is 10.0. The smallest absolute Gasteiger partial charge is 0.320 e. The van der Waals surface area contributed by atoms with Gasteiger partial charge in [-0.25, -0.2) is 0 Å². The van der Waals surface area contributed by atoms with Crippen LogP contribution in [0.3, 0.4) is 0 Å². The summed E-state index contributed by atoms with van der Waals surface area (Å²) in [6.45, 7) is 1.17. The van der Waals surface area contributed by atoms with E-state index in [9.17, 15) is 14.7 Å². The van der Waals surface area contributed by atoms with E-state index >= 15 is 0 Å². The molecule has 0 saturated carbocycles. The second kappa shape index (κ2) is 7.43. The number of halogens is 1. The first-order valence-electron chi connectivity index (χ1n) is 7.04. The average Bonchev–Trinajstić information content (AvgIpc) is 2.45. The molecule has 1 aromatic rings. The summed E-state index contributed by atoms with van der Waals surface area (Å²) in [6.07, 6.45) is 2.44. The Morgan fingerprint density at radius 2 is 2.19 bits per heavy atom. The lowest BCUT2D eigenvalue weighted by Crippen LogP contribution is -2.48. The van der Waals surface area contributed by atoms with Crippen LogP contribution in [-0.2, 0) is 16.1 Å². The molecule has 0 aliphatic carbocycles. The number of likely N-dealkylation sites (tertiary alicyclic amines) is 1. The summed E-state index contributed by atoms with van der Waals surface area (Å²) < 4.78 is 0. The summed E-state index contributed by atoms with van der Waals surface area (Å²) in [5.41, 5.74) is 0.921. The van der Waals surface area contributed by atoms with Gasteiger partial charge in [0.2, 0.25) is 5.91 Å². The largest absolute Gasteiger partial charge is 0.480 e. The van der Waals surface area contributed by atoms with Crippen LogP contribution in [0.5, 0.6) is 0 Å². The molecular formula is C15H19ClN2O3. The highest BCUT2D eigenvalue weighted by atomic mass is 35.5. The van der Waals surface area contributed by atoms with Crippen LogP contribution in [0, 0.1) is 0 Å². The molecule has 5 nitrogen and oxygen atoms in total. The molecule has 1 heterocycles. The van der Waals surface area contributed by atoms with Crippen molar-refractivity contribution in [3.63, 3.8) is 0 Å². The summed E-state index contributed by atoms with van der Waals surface area (Å²) in [5.74, 6) is -1.01. The maximum Gasteiger partial charge on any atom is 0.320 e. The molecule has 0 bridgehead atoms. The number of carboxylic acid groups (broad SMARTS) is 1. The van der Waals surface area contributed by atoms with Crippen molar-refractivity contribution in [3.8, 4) is 0 Å². The Balaban J connectivity index is 1.84. The van der Waals surface area contributed by atoms with Crippen molar-refractivity contribution in [2.75, 3.05) is 13.1 Å². The molecule has 6 heteroatoms. The van der Waals surface area contributed by atoms with Gasteiger partial charge in [-0.3, -0.25) is 14.5 Å². The van der Waals surface area contributed by atoms with Crippen LogP contribution < -0.4 is 5.32 Å². The molecule has 2 N–H and O–H groups in total. The highest BCUT2D eigenvalue weighted by Gasteiger charge is 2.29. The molecule has 0 spiro atoms. The SMILES string of the molecule is O=C(CN1CCCCC1C(=O)O)NCc1cccc(Cl)c1. The minimum Gasteiger partial charge on any atom is -0.480 e. The van der Waals surface area contributed by atoms with Gasteiger partial charge in [0, 0.05) is 11.6 Å². The summed E-state index contributed by atoms with van der Waals surface area (Å²) >= 11 is 5.88. The third-order valence-electron chi connectivity index (χ3n) is 3.62. The zero-order valence-electron chi connectivity index (χ0n) is 11.7. The molecular weight excluding hydrogens is 292 g/mol. The summed E-state index contributed by atoms with van der Waals surface area (Å²) in [4.78, 5) is 24.9. The van der Waals surface area contributed by atoms with E-state index in [0.29, 0.717) is 24.5 Å². The van der Waals surface area contributed by atoms with Gasteiger partial charge < -0.3 is 10.4 Å². The summed E-state index contributed by atoms with van der Waals surface area (Å²) in [5, 5.41) is 12.6. The van der Waals surface area contributed by atoms with Crippen LogP contribution in [0.4, 0.5) is 0 Å². The number of carbonyl (C=O) groups is 2. The van der Waals surface area contributed by atoms with Crippen molar-refractivity contribution in [2.45, 2.75) is 31.8 Å². The zero-order chi connectivity index (χ0) is 15.2. The van der Waals surface area contributed by atoms with Crippen LogP contribution >= 0.6 is 11.6 Å². The zero-order valence-corrected chi connectivity index (χ0v) is 12.5. The number of benzene rings is 1. The minimum absolute atomic E-state index is 0.123. The van der Waals surface area contributed by atoms with Gasteiger partial charge >= 0.3 is 5.97 Å². The van der Waals surface area contributed by atoms with Crippen LogP contribution in [-0.4, -0.2) is 41.0 Å². The summed E-state index contributed by atoms with van der Waals surface area (Å²) in [6, 6.07) is 6.73. The number of nitrogens with one attached hydrogen (secondary N) is 1. The van der Waals surface area contributed by atoms with Gasteiger partial charge in [-0.1, -0.05) is 30.2 Å². The fraction of sp³-hybridized carbons (Fsp3) is 0.467. The minimum atomic E-state index is -0.850. The van der Waals surface area contributed by atoms with Crippen molar-refractivity contribution in [1.29, 1.82) is 0 Å². The van der Waals surface area contributed by atoms with E-state index in [2.05, 4.69) is 5.32 Å². The number of amides is 1. The first kappa shape index (κ1) is 15.8. The Morgan fingerprint density at radius 1 is 1.38 bits per heavy atom. The molecule has 1 aliphatic rings. The number of hydrogen-bond donors (Lipinski definition) is 2. The number of carboxylic acids is 1. The van der Waals surface area contributed by atoms with Crippen LogP contribution in [0.25, 0.3) is 0 Å². The maximum atomic E-state index is 12.0. The van der Waals surface area contributed by atoms with Crippen molar-refractivity contribution < 1.29 is 14.7 Å². The third-order valence-corrected chi connectivity index (χ3v) is 3.86. The molecule has 21 heavy (non-hydrogen) atoms. The number of carbonyl (C=O) groups excluding carboxylic acids is 1. The number of aliphatic carboxylic acids is 1. The Morgan fingerprint density at radius 3 is 2.90 bits per heavy atom. The molecule has 0 radical (unpaired) electrons. The number of nitrogens with zero attached hydrogens (tertiary/aromatic N) is 1.